The van der Waals surface area contributed by atoms with Crippen LogP contribution in [0, 0.1) is 5.92 Å². The number of ether oxygens (including phenoxy) is 1. The van der Waals surface area contributed by atoms with Gasteiger partial charge in [0.2, 0.25) is 5.91 Å². The summed E-state index contributed by atoms with van der Waals surface area (Å²) in [5.74, 6) is -1.64. The quantitative estimate of drug-likeness (QED) is 0.690. The second kappa shape index (κ2) is 9.02. The molecule has 0 radical (unpaired) electrons. The average molecular weight is 402 g/mol. The van der Waals surface area contributed by atoms with Crippen LogP contribution in [-0.2, 0) is 9.59 Å². The highest BCUT2D eigenvalue weighted by Gasteiger charge is 2.43. The number of fused-ring (bicyclic) bond motifs is 1. The summed E-state index contributed by atoms with van der Waals surface area (Å²) >= 11 is 0. The minimum absolute atomic E-state index is 0.0883. The number of hydrogen-bond acceptors (Lipinski definition) is 6. The third-order valence-corrected chi connectivity index (χ3v) is 5.00. The Balaban J connectivity index is 1.74. The van der Waals surface area contributed by atoms with Crippen molar-refractivity contribution < 1.29 is 24.2 Å². The SMILES string of the molecule is CC(C)COc1nccc(C(=O)NC2C/C=C\CC3CCC(C(=O)O)N3C2=O)n1. The molecule has 9 heteroatoms. The van der Waals surface area contributed by atoms with Gasteiger partial charge < -0.3 is 20.1 Å². The molecule has 3 unspecified atom stereocenters. The lowest BCUT2D eigenvalue weighted by atomic mass is 10.0. The summed E-state index contributed by atoms with van der Waals surface area (Å²) in [5, 5.41) is 12.2. The van der Waals surface area contributed by atoms with E-state index in [0.29, 0.717) is 32.3 Å². The third kappa shape index (κ3) is 4.90. The molecule has 2 N–H and O–H groups in total. The van der Waals surface area contributed by atoms with E-state index in [9.17, 15) is 19.5 Å². The first-order chi connectivity index (χ1) is 13.9. The molecule has 1 fully saturated rings. The van der Waals surface area contributed by atoms with Crippen molar-refractivity contribution in [3.05, 3.63) is 30.1 Å². The van der Waals surface area contributed by atoms with Crippen LogP contribution in [0.4, 0.5) is 0 Å². The van der Waals surface area contributed by atoms with Crippen molar-refractivity contribution in [1.29, 1.82) is 0 Å². The van der Waals surface area contributed by atoms with Crippen LogP contribution in [0.2, 0.25) is 0 Å². The highest BCUT2D eigenvalue weighted by molar-refractivity contribution is 5.97. The van der Waals surface area contributed by atoms with Gasteiger partial charge in [0.1, 0.15) is 17.8 Å². The van der Waals surface area contributed by atoms with Gasteiger partial charge in [0.15, 0.2) is 0 Å². The highest BCUT2D eigenvalue weighted by atomic mass is 16.5. The Kier molecular flexibility index (Phi) is 6.46. The Morgan fingerprint density at radius 3 is 2.79 bits per heavy atom. The fourth-order valence-electron chi connectivity index (χ4n) is 3.59. The smallest absolute Gasteiger partial charge is 0.326 e. The summed E-state index contributed by atoms with van der Waals surface area (Å²) in [7, 11) is 0. The molecule has 0 spiro atoms. The number of amides is 2. The van der Waals surface area contributed by atoms with Crippen molar-refractivity contribution in [3.8, 4) is 6.01 Å². The normalized spacial score (nSPS) is 25.1. The van der Waals surface area contributed by atoms with Crippen LogP contribution in [-0.4, -0.2) is 62.5 Å². The standard InChI is InChI=1S/C20H26N4O5/c1-12(2)11-29-20-21-10-9-14(23-20)17(25)22-15-6-4-3-5-13-7-8-16(19(27)28)24(13)18(15)26/h3-4,9-10,12-13,15-16H,5-8,11H2,1-2H3,(H,22,25)(H,27,28)/b4-3-. The van der Waals surface area contributed by atoms with Crippen molar-refractivity contribution in [2.75, 3.05) is 6.61 Å². The lowest BCUT2D eigenvalue weighted by Crippen LogP contribution is -2.54. The topological polar surface area (TPSA) is 122 Å². The minimum Gasteiger partial charge on any atom is -0.480 e. The van der Waals surface area contributed by atoms with Crippen LogP contribution < -0.4 is 10.1 Å². The van der Waals surface area contributed by atoms with Crippen molar-refractivity contribution in [2.45, 2.75) is 57.7 Å². The molecule has 9 nitrogen and oxygen atoms in total. The first kappa shape index (κ1) is 20.8. The maximum Gasteiger partial charge on any atom is 0.326 e. The molecule has 3 atom stereocenters. The highest BCUT2D eigenvalue weighted by Crippen LogP contribution is 2.29. The molecule has 3 heterocycles. The van der Waals surface area contributed by atoms with Crippen molar-refractivity contribution in [2.24, 2.45) is 5.92 Å². The lowest BCUT2D eigenvalue weighted by Gasteiger charge is -2.32. The van der Waals surface area contributed by atoms with Crippen molar-refractivity contribution >= 4 is 17.8 Å². The van der Waals surface area contributed by atoms with E-state index in [4.69, 9.17) is 4.74 Å². The summed E-state index contributed by atoms with van der Waals surface area (Å²) < 4.78 is 5.45. The van der Waals surface area contributed by atoms with Gasteiger partial charge in [-0.15, -0.1) is 0 Å². The summed E-state index contributed by atoms with van der Waals surface area (Å²) in [4.78, 5) is 46.8. The van der Waals surface area contributed by atoms with E-state index in [0.717, 1.165) is 0 Å². The molecular formula is C20H26N4O5. The van der Waals surface area contributed by atoms with Crippen LogP contribution in [0.1, 0.15) is 50.0 Å². The van der Waals surface area contributed by atoms with Crippen LogP contribution in [0.25, 0.3) is 0 Å². The molecule has 3 rings (SSSR count). The van der Waals surface area contributed by atoms with E-state index in [1.165, 1.54) is 17.2 Å². The Morgan fingerprint density at radius 2 is 2.07 bits per heavy atom. The fraction of sp³-hybridized carbons (Fsp3) is 0.550. The summed E-state index contributed by atoms with van der Waals surface area (Å²) in [6.45, 7) is 4.39. The van der Waals surface area contributed by atoms with Crippen molar-refractivity contribution in [3.63, 3.8) is 0 Å². The van der Waals surface area contributed by atoms with E-state index in [1.54, 1.807) is 0 Å². The van der Waals surface area contributed by atoms with Gasteiger partial charge in [0.25, 0.3) is 5.91 Å². The molecule has 0 saturated carbocycles. The van der Waals surface area contributed by atoms with Gasteiger partial charge in [-0.1, -0.05) is 26.0 Å². The van der Waals surface area contributed by atoms with Gasteiger partial charge in [-0.25, -0.2) is 9.78 Å². The Bertz CT molecular complexity index is 810. The fourth-order valence-corrected chi connectivity index (χ4v) is 3.59. The number of nitrogens with one attached hydrogen (secondary N) is 1. The second-order valence-corrected chi connectivity index (χ2v) is 7.73. The number of carboxylic acids is 1. The molecule has 156 valence electrons. The van der Waals surface area contributed by atoms with E-state index in [1.807, 2.05) is 26.0 Å². The number of carboxylic acid groups (broad SMARTS) is 1. The maximum absolute atomic E-state index is 13.1. The van der Waals surface area contributed by atoms with Gasteiger partial charge >= 0.3 is 12.0 Å². The molecule has 2 amide bonds. The van der Waals surface area contributed by atoms with Gasteiger partial charge in [0.05, 0.1) is 6.61 Å². The predicted octanol–water partition coefficient (Wildman–Crippen LogP) is 1.40. The lowest BCUT2D eigenvalue weighted by molar-refractivity contribution is -0.150. The predicted molar refractivity (Wildman–Crippen MR) is 103 cm³/mol. The van der Waals surface area contributed by atoms with Crippen LogP contribution in [0.5, 0.6) is 6.01 Å². The van der Waals surface area contributed by atoms with Gasteiger partial charge in [0, 0.05) is 12.2 Å². The molecular weight excluding hydrogens is 376 g/mol. The van der Waals surface area contributed by atoms with E-state index >= 15 is 0 Å². The zero-order chi connectivity index (χ0) is 21.0. The molecule has 2 aliphatic heterocycles. The zero-order valence-corrected chi connectivity index (χ0v) is 16.6. The summed E-state index contributed by atoms with van der Waals surface area (Å²) in [5.41, 5.74) is 0.0883. The third-order valence-electron chi connectivity index (χ3n) is 5.00. The molecule has 0 aliphatic carbocycles. The maximum atomic E-state index is 13.1. The van der Waals surface area contributed by atoms with Crippen LogP contribution in [0.3, 0.4) is 0 Å². The first-order valence-electron chi connectivity index (χ1n) is 9.83. The largest absolute Gasteiger partial charge is 0.480 e. The zero-order valence-electron chi connectivity index (χ0n) is 16.6. The minimum atomic E-state index is -1.02. The number of hydrogen-bond donors (Lipinski definition) is 2. The Hall–Kier alpha value is -2.97. The molecule has 29 heavy (non-hydrogen) atoms. The monoisotopic (exact) mass is 402 g/mol. The molecule has 2 aliphatic rings. The number of aliphatic carboxylic acids is 1. The van der Waals surface area contributed by atoms with E-state index in [2.05, 4.69) is 15.3 Å². The molecule has 1 aromatic rings. The van der Waals surface area contributed by atoms with E-state index in [-0.39, 0.29) is 29.6 Å². The Labute approximate surface area is 169 Å². The van der Waals surface area contributed by atoms with Crippen LogP contribution >= 0.6 is 0 Å². The van der Waals surface area contributed by atoms with Crippen molar-refractivity contribution in [1.82, 2.24) is 20.2 Å². The number of carbonyl (C=O) groups is 3. The second-order valence-electron chi connectivity index (χ2n) is 7.73. The average Bonchev–Trinajstić information content (AvgIpc) is 3.10. The van der Waals surface area contributed by atoms with Gasteiger partial charge in [-0.3, -0.25) is 9.59 Å². The Morgan fingerprint density at radius 1 is 1.31 bits per heavy atom. The van der Waals surface area contributed by atoms with Gasteiger partial charge in [-0.2, -0.15) is 4.98 Å². The molecule has 0 aromatic carbocycles. The number of aromatic nitrogens is 2. The summed E-state index contributed by atoms with van der Waals surface area (Å²) in [6.07, 6.45) is 7.19. The van der Waals surface area contributed by atoms with E-state index < -0.39 is 24.0 Å². The number of rotatable bonds is 6. The first-order valence-corrected chi connectivity index (χ1v) is 9.83. The molecule has 1 saturated heterocycles. The molecule has 0 bridgehead atoms. The summed E-state index contributed by atoms with van der Waals surface area (Å²) in [6, 6.07) is -0.320. The number of carbonyl (C=O) groups excluding carboxylic acids is 2. The van der Waals surface area contributed by atoms with Gasteiger partial charge in [-0.05, 0) is 37.7 Å². The van der Waals surface area contributed by atoms with Crippen LogP contribution in [0.15, 0.2) is 24.4 Å². The number of nitrogens with zero attached hydrogens (tertiary/aromatic N) is 3. The molecule has 1 aromatic heterocycles.